The fraction of sp³-hybridized carbons (Fsp3) is 0.625. The quantitative estimate of drug-likeness (QED) is 0.654. The summed E-state index contributed by atoms with van der Waals surface area (Å²) in [5.41, 5.74) is 0. The standard InChI is InChI=1S/C8H11N3O4S2/c12-11(13)7-5-9-8(16-7)10-6-1-3-17(14,15)4-2-6/h5-6H,1-4H2,(H,9,10). The van der Waals surface area contributed by atoms with Crippen molar-refractivity contribution in [1.29, 1.82) is 0 Å². The lowest BCUT2D eigenvalue weighted by atomic mass is 10.2. The summed E-state index contributed by atoms with van der Waals surface area (Å²) >= 11 is 0.964. The lowest BCUT2D eigenvalue weighted by molar-refractivity contribution is -0.380. The Bertz CT molecular complexity index is 511. The predicted molar refractivity (Wildman–Crippen MR) is 64.1 cm³/mol. The summed E-state index contributed by atoms with van der Waals surface area (Å²) in [6.45, 7) is 0. The largest absolute Gasteiger partial charge is 0.359 e. The Balaban J connectivity index is 1.95. The van der Waals surface area contributed by atoms with Crippen LogP contribution in [0.25, 0.3) is 0 Å². The van der Waals surface area contributed by atoms with Crippen molar-refractivity contribution in [3.05, 3.63) is 16.3 Å². The second kappa shape index (κ2) is 4.57. The summed E-state index contributed by atoms with van der Waals surface area (Å²) in [5.74, 6) is 0.330. The number of hydrogen-bond acceptors (Lipinski definition) is 7. The summed E-state index contributed by atoms with van der Waals surface area (Å²) < 4.78 is 22.4. The van der Waals surface area contributed by atoms with Gasteiger partial charge in [-0.15, -0.1) is 0 Å². The van der Waals surface area contributed by atoms with E-state index < -0.39 is 14.8 Å². The number of rotatable bonds is 3. The molecule has 9 heteroatoms. The van der Waals surface area contributed by atoms with Crippen LogP contribution in [0.2, 0.25) is 0 Å². The molecule has 0 amide bonds. The van der Waals surface area contributed by atoms with Crippen LogP contribution in [0.1, 0.15) is 12.8 Å². The minimum Gasteiger partial charge on any atom is -0.359 e. The van der Waals surface area contributed by atoms with E-state index in [1.54, 1.807) is 0 Å². The molecule has 1 aromatic heterocycles. The fourth-order valence-corrected chi connectivity index (χ4v) is 3.83. The summed E-state index contributed by atoms with van der Waals surface area (Å²) in [7, 11) is -2.88. The lowest BCUT2D eigenvalue weighted by Crippen LogP contribution is -2.32. The molecular weight excluding hydrogens is 266 g/mol. The van der Waals surface area contributed by atoms with Gasteiger partial charge in [0.2, 0.25) is 0 Å². The zero-order chi connectivity index (χ0) is 12.5. The molecule has 0 unspecified atom stereocenters. The number of sulfone groups is 1. The molecule has 0 aliphatic carbocycles. The molecule has 1 N–H and O–H groups in total. The molecule has 17 heavy (non-hydrogen) atoms. The van der Waals surface area contributed by atoms with E-state index in [9.17, 15) is 18.5 Å². The van der Waals surface area contributed by atoms with Gasteiger partial charge in [0.1, 0.15) is 16.0 Å². The summed E-state index contributed by atoms with van der Waals surface area (Å²) in [4.78, 5) is 13.9. The van der Waals surface area contributed by atoms with E-state index in [1.165, 1.54) is 6.20 Å². The molecule has 0 radical (unpaired) electrons. The van der Waals surface area contributed by atoms with E-state index in [-0.39, 0.29) is 22.5 Å². The first kappa shape index (κ1) is 12.2. The van der Waals surface area contributed by atoms with Crippen molar-refractivity contribution in [1.82, 2.24) is 4.98 Å². The number of thiazole rings is 1. The molecule has 1 aliphatic heterocycles. The van der Waals surface area contributed by atoms with Gasteiger partial charge in [-0.2, -0.15) is 0 Å². The molecule has 0 spiro atoms. The third-order valence-electron chi connectivity index (χ3n) is 2.56. The highest BCUT2D eigenvalue weighted by atomic mass is 32.2. The Kier molecular flexibility index (Phi) is 3.29. The molecule has 1 fully saturated rings. The Morgan fingerprint density at radius 3 is 2.65 bits per heavy atom. The lowest BCUT2D eigenvalue weighted by Gasteiger charge is -2.22. The van der Waals surface area contributed by atoms with Gasteiger partial charge >= 0.3 is 5.00 Å². The van der Waals surface area contributed by atoms with Gasteiger partial charge in [0, 0.05) is 6.04 Å². The Morgan fingerprint density at radius 2 is 2.12 bits per heavy atom. The number of anilines is 1. The van der Waals surface area contributed by atoms with Crippen molar-refractivity contribution in [3.63, 3.8) is 0 Å². The highest BCUT2D eigenvalue weighted by molar-refractivity contribution is 7.91. The Hall–Kier alpha value is -1.22. The third-order valence-corrected chi connectivity index (χ3v) is 5.15. The van der Waals surface area contributed by atoms with Crippen molar-refractivity contribution < 1.29 is 13.3 Å². The molecular formula is C8H11N3O4S2. The van der Waals surface area contributed by atoms with Crippen LogP contribution in [0.4, 0.5) is 10.1 Å². The second-order valence-electron chi connectivity index (χ2n) is 3.83. The Labute approximate surface area is 102 Å². The van der Waals surface area contributed by atoms with Gasteiger partial charge in [0.25, 0.3) is 0 Å². The normalized spacial score (nSPS) is 20.0. The van der Waals surface area contributed by atoms with Crippen LogP contribution in [0.3, 0.4) is 0 Å². The molecule has 0 saturated carbocycles. The molecule has 1 aromatic rings. The van der Waals surface area contributed by atoms with Gasteiger partial charge in [-0.25, -0.2) is 13.4 Å². The van der Waals surface area contributed by atoms with Crippen molar-refractivity contribution in [2.45, 2.75) is 18.9 Å². The van der Waals surface area contributed by atoms with Crippen molar-refractivity contribution >= 4 is 31.3 Å². The van der Waals surface area contributed by atoms with Gasteiger partial charge < -0.3 is 5.32 Å². The number of nitrogens with zero attached hydrogens (tertiary/aromatic N) is 2. The van der Waals surface area contributed by atoms with E-state index in [2.05, 4.69) is 10.3 Å². The fourth-order valence-electron chi connectivity index (χ4n) is 1.63. The first-order valence-electron chi connectivity index (χ1n) is 5.03. The van der Waals surface area contributed by atoms with Crippen LogP contribution in [0.5, 0.6) is 0 Å². The third kappa shape index (κ3) is 3.13. The molecule has 94 valence electrons. The number of hydrogen-bond donors (Lipinski definition) is 1. The summed E-state index contributed by atoms with van der Waals surface area (Å²) in [6.07, 6.45) is 2.25. The van der Waals surface area contributed by atoms with E-state index in [0.29, 0.717) is 18.0 Å². The maximum atomic E-state index is 11.2. The Morgan fingerprint density at radius 1 is 1.47 bits per heavy atom. The minimum atomic E-state index is -2.88. The maximum absolute atomic E-state index is 11.2. The first-order chi connectivity index (χ1) is 7.96. The van der Waals surface area contributed by atoms with E-state index in [4.69, 9.17) is 0 Å². The van der Waals surface area contributed by atoms with Gasteiger partial charge in [0.05, 0.1) is 16.4 Å². The molecule has 7 nitrogen and oxygen atoms in total. The zero-order valence-corrected chi connectivity index (χ0v) is 10.5. The van der Waals surface area contributed by atoms with Gasteiger partial charge in [-0.1, -0.05) is 0 Å². The van der Waals surface area contributed by atoms with Gasteiger partial charge in [-0.05, 0) is 24.2 Å². The first-order valence-corrected chi connectivity index (χ1v) is 7.67. The predicted octanol–water partition coefficient (Wildman–Crippen LogP) is 1.04. The SMILES string of the molecule is O=[N+]([O-])c1cnc(NC2CCS(=O)(=O)CC2)s1. The van der Waals surface area contributed by atoms with E-state index in [0.717, 1.165) is 11.3 Å². The maximum Gasteiger partial charge on any atom is 0.345 e. The van der Waals surface area contributed by atoms with Crippen LogP contribution in [-0.2, 0) is 9.84 Å². The van der Waals surface area contributed by atoms with E-state index in [1.807, 2.05) is 0 Å². The minimum absolute atomic E-state index is 0.0177. The van der Waals surface area contributed by atoms with Crippen molar-refractivity contribution in [3.8, 4) is 0 Å². The van der Waals surface area contributed by atoms with Crippen LogP contribution in [0.15, 0.2) is 6.20 Å². The number of nitro groups is 1. The molecule has 2 rings (SSSR count). The topological polar surface area (TPSA) is 102 Å². The zero-order valence-electron chi connectivity index (χ0n) is 8.83. The van der Waals surface area contributed by atoms with Crippen molar-refractivity contribution in [2.24, 2.45) is 0 Å². The summed E-state index contributed by atoms with van der Waals surface area (Å²) in [5, 5.41) is 13.9. The molecule has 0 aromatic carbocycles. The van der Waals surface area contributed by atoms with Gasteiger partial charge in [0.15, 0.2) is 5.13 Å². The van der Waals surface area contributed by atoms with Crippen LogP contribution >= 0.6 is 11.3 Å². The van der Waals surface area contributed by atoms with Crippen LogP contribution in [0, 0.1) is 10.1 Å². The molecule has 1 aliphatic rings. The van der Waals surface area contributed by atoms with Gasteiger partial charge in [-0.3, -0.25) is 10.1 Å². The number of aromatic nitrogens is 1. The molecule has 0 atom stereocenters. The average Bonchev–Trinajstić information content (AvgIpc) is 2.70. The summed E-state index contributed by atoms with van der Waals surface area (Å²) in [6, 6.07) is 0.0317. The highest BCUT2D eigenvalue weighted by Gasteiger charge is 2.24. The highest BCUT2D eigenvalue weighted by Crippen LogP contribution is 2.27. The van der Waals surface area contributed by atoms with Crippen LogP contribution in [-0.4, -0.2) is 35.9 Å². The molecule has 2 heterocycles. The molecule has 1 saturated heterocycles. The van der Waals surface area contributed by atoms with Crippen molar-refractivity contribution in [2.75, 3.05) is 16.8 Å². The van der Waals surface area contributed by atoms with E-state index >= 15 is 0 Å². The molecule has 0 bridgehead atoms. The van der Waals surface area contributed by atoms with Crippen LogP contribution < -0.4 is 5.32 Å². The average molecular weight is 277 g/mol. The monoisotopic (exact) mass is 277 g/mol. The second-order valence-corrected chi connectivity index (χ2v) is 7.14. The number of nitrogens with one attached hydrogen (secondary N) is 1. The smallest absolute Gasteiger partial charge is 0.345 e.